The summed E-state index contributed by atoms with van der Waals surface area (Å²) in [5.74, 6) is 1.54. The number of amides is 1. The van der Waals surface area contributed by atoms with Gasteiger partial charge in [0.25, 0.3) is 0 Å². The lowest BCUT2D eigenvalue weighted by Crippen LogP contribution is -2.39. The standard InChI is InChI=1S/C8H15NO/c1-6-4-8(10)9(3)5-7(6)2/h6-7H,4-5H2,1-3H3. The third kappa shape index (κ3) is 1.31. The van der Waals surface area contributed by atoms with Crippen molar-refractivity contribution >= 4 is 5.91 Å². The summed E-state index contributed by atoms with van der Waals surface area (Å²) in [5.41, 5.74) is 0. The van der Waals surface area contributed by atoms with Gasteiger partial charge in [0.05, 0.1) is 0 Å². The number of likely N-dealkylation sites (tertiary alicyclic amines) is 1. The maximum Gasteiger partial charge on any atom is 0.222 e. The van der Waals surface area contributed by atoms with Crippen LogP contribution < -0.4 is 0 Å². The maximum atomic E-state index is 11.1. The number of carbonyl (C=O) groups is 1. The van der Waals surface area contributed by atoms with Gasteiger partial charge in [-0.3, -0.25) is 4.79 Å². The van der Waals surface area contributed by atoms with Crippen molar-refractivity contribution in [1.29, 1.82) is 0 Å². The number of rotatable bonds is 0. The smallest absolute Gasteiger partial charge is 0.222 e. The van der Waals surface area contributed by atoms with Gasteiger partial charge >= 0.3 is 0 Å². The minimum absolute atomic E-state index is 0.297. The van der Waals surface area contributed by atoms with Gasteiger partial charge in [0.2, 0.25) is 5.91 Å². The fourth-order valence-electron chi connectivity index (χ4n) is 1.35. The van der Waals surface area contributed by atoms with Gasteiger partial charge in [-0.1, -0.05) is 13.8 Å². The lowest BCUT2D eigenvalue weighted by Gasteiger charge is -2.32. The van der Waals surface area contributed by atoms with Gasteiger partial charge < -0.3 is 4.90 Å². The zero-order valence-electron chi connectivity index (χ0n) is 6.92. The molecule has 1 rings (SSSR count). The number of hydrogen-bond acceptors (Lipinski definition) is 1. The van der Waals surface area contributed by atoms with Crippen LogP contribution in [0, 0.1) is 11.8 Å². The van der Waals surface area contributed by atoms with E-state index < -0.39 is 0 Å². The Morgan fingerprint density at radius 2 is 2.00 bits per heavy atom. The first-order chi connectivity index (χ1) is 4.61. The van der Waals surface area contributed by atoms with E-state index in [1.165, 1.54) is 0 Å². The zero-order chi connectivity index (χ0) is 7.72. The van der Waals surface area contributed by atoms with E-state index in [9.17, 15) is 4.79 Å². The quantitative estimate of drug-likeness (QED) is 0.495. The number of hydrogen-bond donors (Lipinski definition) is 0. The molecule has 1 aliphatic rings. The van der Waals surface area contributed by atoms with Crippen molar-refractivity contribution in [2.45, 2.75) is 20.3 Å². The Hall–Kier alpha value is -0.530. The first-order valence-corrected chi connectivity index (χ1v) is 3.85. The fraction of sp³-hybridized carbons (Fsp3) is 0.875. The van der Waals surface area contributed by atoms with Crippen molar-refractivity contribution in [2.75, 3.05) is 13.6 Å². The minimum Gasteiger partial charge on any atom is -0.345 e. The molecule has 2 nitrogen and oxygen atoms in total. The maximum absolute atomic E-state index is 11.1. The van der Waals surface area contributed by atoms with Crippen LogP contribution in [0.25, 0.3) is 0 Å². The molecule has 0 saturated carbocycles. The first-order valence-electron chi connectivity index (χ1n) is 3.85. The highest BCUT2D eigenvalue weighted by molar-refractivity contribution is 5.76. The molecule has 1 aliphatic heterocycles. The van der Waals surface area contributed by atoms with Crippen LogP contribution in [0.15, 0.2) is 0 Å². The molecule has 0 spiro atoms. The van der Waals surface area contributed by atoms with Gasteiger partial charge in [-0.05, 0) is 11.8 Å². The summed E-state index contributed by atoms with van der Waals surface area (Å²) in [4.78, 5) is 12.9. The first kappa shape index (κ1) is 7.58. The molecule has 2 unspecified atom stereocenters. The van der Waals surface area contributed by atoms with Gasteiger partial charge in [0, 0.05) is 20.0 Å². The molecule has 0 aromatic rings. The average molecular weight is 141 g/mol. The van der Waals surface area contributed by atoms with Gasteiger partial charge in [-0.25, -0.2) is 0 Å². The Morgan fingerprint density at radius 3 is 2.50 bits per heavy atom. The monoisotopic (exact) mass is 141 g/mol. The van der Waals surface area contributed by atoms with Crippen molar-refractivity contribution in [2.24, 2.45) is 11.8 Å². The Bertz CT molecular complexity index is 144. The van der Waals surface area contributed by atoms with E-state index in [0.717, 1.165) is 13.0 Å². The molecular weight excluding hydrogens is 126 g/mol. The third-order valence-corrected chi connectivity index (χ3v) is 2.46. The molecule has 0 aromatic heterocycles. The molecule has 2 heteroatoms. The Kier molecular flexibility index (Phi) is 1.97. The molecule has 0 radical (unpaired) electrons. The van der Waals surface area contributed by atoms with Crippen molar-refractivity contribution < 1.29 is 4.79 Å². The molecule has 1 amide bonds. The molecule has 2 atom stereocenters. The molecule has 10 heavy (non-hydrogen) atoms. The largest absolute Gasteiger partial charge is 0.345 e. The van der Waals surface area contributed by atoms with Crippen LogP contribution in [-0.4, -0.2) is 24.4 Å². The van der Waals surface area contributed by atoms with E-state index in [-0.39, 0.29) is 0 Å². The van der Waals surface area contributed by atoms with Gasteiger partial charge in [0.15, 0.2) is 0 Å². The van der Waals surface area contributed by atoms with Crippen LogP contribution in [0.2, 0.25) is 0 Å². The van der Waals surface area contributed by atoms with Crippen molar-refractivity contribution in [3.8, 4) is 0 Å². The summed E-state index contributed by atoms with van der Waals surface area (Å²) in [5, 5.41) is 0. The van der Waals surface area contributed by atoms with Crippen LogP contribution >= 0.6 is 0 Å². The van der Waals surface area contributed by atoms with E-state index in [0.29, 0.717) is 17.7 Å². The van der Waals surface area contributed by atoms with Crippen LogP contribution in [0.3, 0.4) is 0 Å². The van der Waals surface area contributed by atoms with Gasteiger partial charge in [-0.15, -0.1) is 0 Å². The van der Waals surface area contributed by atoms with Gasteiger partial charge in [0.1, 0.15) is 0 Å². The third-order valence-electron chi connectivity index (χ3n) is 2.46. The van der Waals surface area contributed by atoms with Crippen molar-refractivity contribution in [3.63, 3.8) is 0 Å². The predicted molar refractivity (Wildman–Crippen MR) is 40.6 cm³/mol. The predicted octanol–water partition coefficient (Wildman–Crippen LogP) is 1.12. The molecule has 0 bridgehead atoms. The molecular formula is C8H15NO. The normalized spacial score (nSPS) is 34.7. The molecule has 1 heterocycles. The highest BCUT2D eigenvalue weighted by Gasteiger charge is 2.25. The number of nitrogens with zero attached hydrogens (tertiary/aromatic N) is 1. The van der Waals surface area contributed by atoms with Crippen LogP contribution in [0.1, 0.15) is 20.3 Å². The summed E-state index contributed by atoms with van der Waals surface area (Å²) >= 11 is 0. The lowest BCUT2D eigenvalue weighted by atomic mass is 9.89. The topological polar surface area (TPSA) is 20.3 Å². The van der Waals surface area contributed by atoms with E-state index in [1.54, 1.807) is 0 Å². The van der Waals surface area contributed by atoms with Crippen LogP contribution in [0.4, 0.5) is 0 Å². The summed E-state index contributed by atoms with van der Waals surface area (Å²) < 4.78 is 0. The zero-order valence-corrected chi connectivity index (χ0v) is 6.92. The second-order valence-electron chi connectivity index (χ2n) is 3.43. The summed E-state index contributed by atoms with van der Waals surface area (Å²) in [6.45, 7) is 5.28. The Morgan fingerprint density at radius 1 is 1.40 bits per heavy atom. The number of piperidine rings is 1. The molecule has 58 valence electrons. The van der Waals surface area contributed by atoms with E-state index in [2.05, 4.69) is 13.8 Å². The van der Waals surface area contributed by atoms with E-state index in [1.807, 2.05) is 11.9 Å². The lowest BCUT2D eigenvalue weighted by molar-refractivity contribution is -0.134. The molecule has 1 fully saturated rings. The molecule has 0 aliphatic carbocycles. The highest BCUT2D eigenvalue weighted by Crippen LogP contribution is 2.21. The highest BCUT2D eigenvalue weighted by atomic mass is 16.2. The van der Waals surface area contributed by atoms with Crippen molar-refractivity contribution in [1.82, 2.24) is 4.90 Å². The molecule has 0 aromatic carbocycles. The van der Waals surface area contributed by atoms with Crippen LogP contribution in [-0.2, 0) is 4.79 Å². The molecule has 0 N–H and O–H groups in total. The SMILES string of the molecule is CC1CC(=O)N(C)CC1C. The Balaban J connectivity index is 2.54. The second kappa shape index (κ2) is 2.60. The fourth-order valence-corrected chi connectivity index (χ4v) is 1.35. The number of carbonyl (C=O) groups excluding carboxylic acids is 1. The molecule has 1 saturated heterocycles. The van der Waals surface area contributed by atoms with E-state index >= 15 is 0 Å². The second-order valence-corrected chi connectivity index (χ2v) is 3.43. The average Bonchev–Trinajstić information content (AvgIpc) is 1.84. The van der Waals surface area contributed by atoms with Crippen molar-refractivity contribution in [3.05, 3.63) is 0 Å². The summed E-state index contributed by atoms with van der Waals surface area (Å²) in [6.07, 6.45) is 0.734. The van der Waals surface area contributed by atoms with E-state index in [4.69, 9.17) is 0 Å². The summed E-state index contributed by atoms with van der Waals surface area (Å²) in [6, 6.07) is 0. The van der Waals surface area contributed by atoms with Crippen LogP contribution in [0.5, 0.6) is 0 Å². The summed E-state index contributed by atoms with van der Waals surface area (Å²) in [7, 11) is 1.88. The Labute approximate surface area is 62.2 Å². The minimum atomic E-state index is 0.297. The van der Waals surface area contributed by atoms with Gasteiger partial charge in [-0.2, -0.15) is 0 Å².